The van der Waals surface area contributed by atoms with Gasteiger partial charge in [0.05, 0.1) is 6.54 Å². The summed E-state index contributed by atoms with van der Waals surface area (Å²) in [6.45, 7) is -0.392. The standard InChI is InChI=1S/C19H18N8O7/c1-26-13-12(16(31)23-19(26)33)27(7-9(28)8-34-10-5-3-2-4-6-10)17(20-13)25-24-11-14(29)21-18(32)22-15(11)30/h2-6,9,28H,7-8H2,1H3,(H,23,31,33)(H3,21,22,29,30,32). The van der Waals surface area contributed by atoms with Crippen molar-refractivity contribution in [3.8, 4) is 11.6 Å². The molecule has 1 unspecified atom stereocenters. The highest BCUT2D eigenvalue weighted by Crippen LogP contribution is 2.23. The molecule has 5 N–H and O–H groups in total. The molecule has 0 amide bonds. The molecule has 0 saturated heterocycles. The second kappa shape index (κ2) is 8.99. The zero-order valence-electron chi connectivity index (χ0n) is 17.6. The predicted octanol–water partition coefficient (Wildman–Crippen LogP) is -0.639. The first-order chi connectivity index (χ1) is 16.2. The molecule has 0 aliphatic heterocycles. The molecule has 0 radical (unpaired) electrons. The Bertz CT molecular complexity index is 1610. The average molecular weight is 470 g/mol. The summed E-state index contributed by atoms with van der Waals surface area (Å²) in [6, 6.07) is 8.73. The topological polar surface area (TPSA) is 213 Å². The Morgan fingerprint density at radius 3 is 2.50 bits per heavy atom. The van der Waals surface area contributed by atoms with Gasteiger partial charge in [0.2, 0.25) is 11.6 Å². The van der Waals surface area contributed by atoms with Crippen molar-refractivity contribution in [2.45, 2.75) is 12.6 Å². The summed E-state index contributed by atoms with van der Waals surface area (Å²) in [4.78, 5) is 57.7. The monoisotopic (exact) mass is 470 g/mol. The van der Waals surface area contributed by atoms with Crippen molar-refractivity contribution in [3.05, 3.63) is 72.0 Å². The van der Waals surface area contributed by atoms with E-state index < -0.39 is 40.2 Å². The van der Waals surface area contributed by atoms with Crippen LogP contribution in [-0.2, 0) is 13.6 Å². The van der Waals surface area contributed by atoms with Crippen LogP contribution in [0.5, 0.6) is 11.6 Å². The van der Waals surface area contributed by atoms with Gasteiger partial charge in [-0.15, -0.1) is 10.2 Å². The number of aliphatic hydroxyl groups is 1. The van der Waals surface area contributed by atoms with E-state index in [1.165, 1.54) is 11.6 Å². The van der Waals surface area contributed by atoms with Crippen molar-refractivity contribution in [1.29, 1.82) is 0 Å². The molecule has 0 aliphatic carbocycles. The molecular weight excluding hydrogens is 452 g/mol. The van der Waals surface area contributed by atoms with E-state index in [9.17, 15) is 29.4 Å². The quantitative estimate of drug-likeness (QED) is 0.219. The smallest absolute Gasteiger partial charge is 0.329 e. The molecule has 4 aromatic rings. The van der Waals surface area contributed by atoms with Gasteiger partial charge in [0.25, 0.3) is 17.1 Å². The van der Waals surface area contributed by atoms with Gasteiger partial charge in [0, 0.05) is 7.05 Å². The number of para-hydroxylation sites is 1. The van der Waals surface area contributed by atoms with Gasteiger partial charge in [-0.25, -0.2) is 9.59 Å². The highest BCUT2D eigenvalue weighted by Gasteiger charge is 2.20. The first kappa shape index (κ1) is 22.4. The highest BCUT2D eigenvalue weighted by molar-refractivity contribution is 5.73. The van der Waals surface area contributed by atoms with Gasteiger partial charge in [-0.3, -0.25) is 33.7 Å². The van der Waals surface area contributed by atoms with E-state index in [1.807, 2.05) is 9.97 Å². The first-order valence-corrected chi connectivity index (χ1v) is 9.77. The van der Waals surface area contributed by atoms with Crippen molar-refractivity contribution >= 4 is 22.8 Å². The number of H-pyrrole nitrogens is 3. The van der Waals surface area contributed by atoms with Crippen molar-refractivity contribution in [2.75, 3.05) is 6.61 Å². The lowest BCUT2D eigenvalue weighted by Gasteiger charge is -2.14. The molecule has 3 aromatic heterocycles. The van der Waals surface area contributed by atoms with E-state index in [0.29, 0.717) is 5.75 Å². The van der Waals surface area contributed by atoms with E-state index in [0.717, 1.165) is 4.57 Å². The number of nitrogens with zero attached hydrogens (tertiary/aromatic N) is 5. The van der Waals surface area contributed by atoms with E-state index >= 15 is 0 Å². The highest BCUT2D eigenvalue weighted by atomic mass is 16.5. The molecule has 1 atom stereocenters. The number of fused-ring (bicyclic) bond motifs is 1. The van der Waals surface area contributed by atoms with Gasteiger partial charge in [0.1, 0.15) is 18.5 Å². The normalized spacial score (nSPS) is 12.4. The number of aromatic amines is 3. The fourth-order valence-electron chi connectivity index (χ4n) is 3.10. The zero-order chi connectivity index (χ0) is 24.4. The van der Waals surface area contributed by atoms with Crippen molar-refractivity contribution in [2.24, 2.45) is 17.3 Å². The maximum atomic E-state index is 12.5. The molecule has 0 saturated carbocycles. The van der Waals surface area contributed by atoms with Crippen LogP contribution < -0.4 is 27.2 Å². The number of aromatic nitrogens is 6. The Balaban J connectivity index is 1.75. The third-order valence-corrected chi connectivity index (χ3v) is 4.70. The molecule has 0 fully saturated rings. The van der Waals surface area contributed by atoms with E-state index in [1.54, 1.807) is 30.3 Å². The van der Waals surface area contributed by atoms with Crippen LogP contribution in [0.25, 0.3) is 11.2 Å². The number of nitrogens with one attached hydrogen (secondary N) is 3. The summed E-state index contributed by atoms with van der Waals surface area (Å²) >= 11 is 0. The zero-order valence-corrected chi connectivity index (χ0v) is 17.6. The number of aryl methyl sites for hydroxylation is 1. The summed E-state index contributed by atoms with van der Waals surface area (Å²) < 4.78 is 7.77. The minimum absolute atomic E-state index is 0.0570. The second-order valence-electron chi connectivity index (χ2n) is 7.10. The maximum Gasteiger partial charge on any atom is 0.329 e. The maximum absolute atomic E-state index is 12.5. The van der Waals surface area contributed by atoms with Gasteiger partial charge in [-0.1, -0.05) is 18.2 Å². The van der Waals surface area contributed by atoms with Crippen molar-refractivity contribution < 1.29 is 14.9 Å². The van der Waals surface area contributed by atoms with Crippen LogP contribution in [0.3, 0.4) is 0 Å². The lowest BCUT2D eigenvalue weighted by atomic mass is 10.3. The minimum atomic E-state index is -1.15. The Hall–Kier alpha value is -4.79. The summed E-state index contributed by atoms with van der Waals surface area (Å²) in [5.41, 5.74) is -4.24. The number of rotatable bonds is 7. The number of ether oxygens (including phenoxy) is 1. The summed E-state index contributed by atoms with van der Waals surface area (Å²) in [7, 11) is 1.37. The minimum Gasteiger partial charge on any atom is -0.493 e. The molecule has 15 heteroatoms. The first-order valence-electron chi connectivity index (χ1n) is 9.77. The van der Waals surface area contributed by atoms with Gasteiger partial charge in [-0.2, -0.15) is 4.98 Å². The lowest BCUT2D eigenvalue weighted by Crippen LogP contribution is -2.30. The predicted molar refractivity (Wildman–Crippen MR) is 117 cm³/mol. The molecule has 1 aromatic carbocycles. The Morgan fingerprint density at radius 1 is 1.06 bits per heavy atom. The van der Waals surface area contributed by atoms with Crippen LogP contribution in [0.1, 0.15) is 0 Å². The average Bonchev–Trinajstić information content (AvgIpc) is 3.15. The number of benzene rings is 1. The third-order valence-electron chi connectivity index (χ3n) is 4.70. The van der Waals surface area contributed by atoms with E-state index in [-0.39, 0.29) is 30.3 Å². The largest absolute Gasteiger partial charge is 0.493 e. The van der Waals surface area contributed by atoms with Crippen LogP contribution in [0.4, 0.5) is 11.6 Å². The fraction of sp³-hybridized carbons (Fsp3) is 0.211. The molecule has 4 rings (SSSR count). The SMILES string of the molecule is Cn1c(=O)[nH]c(=O)c2c1nc(N=Nc1c(O)[nH]c(=O)[nH]c1=O)n2CC(O)COc1ccccc1. The summed E-state index contributed by atoms with van der Waals surface area (Å²) in [6.07, 6.45) is -1.15. The molecule has 15 nitrogen and oxygen atoms in total. The van der Waals surface area contributed by atoms with Crippen LogP contribution in [0.2, 0.25) is 0 Å². The Labute approximate surface area is 187 Å². The molecular formula is C19H18N8O7. The molecule has 34 heavy (non-hydrogen) atoms. The number of hydrogen-bond donors (Lipinski definition) is 5. The number of hydrogen-bond acceptors (Lipinski definition) is 10. The third kappa shape index (κ3) is 4.40. The molecule has 0 bridgehead atoms. The van der Waals surface area contributed by atoms with Gasteiger partial charge in [0.15, 0.2) is 11.2 Å². The van der Waals surface area contributed by atoms with Gasteiger partial charge >= 0.3 is 11.4 Å². The lowest BCUT2D eigenvalue weighted by molar-refractivity contribution is 0.0937. The van der Waals surface area contributed by atoms with Gasteiger partial charge in [-0.05, 0) is 12.1 Å². The molecule has 0 aliphatic rings. The molecule has 3 heterocycles. The van der Waals surface area contributed by atoms with Crippen LogP contribution in [0.15, 0.2) is 59.7 Å². The van der Waals surface area contributed by atoms with Crippen LogP contribution in [0, 0.1) is 0 Å². The summed E-state index contributed by atoms with van der Waals surface area (Å²) in [5.74, 6) is -0.572. The second-order valence-corrected chi connectivity index (χ2v) is 7.10. The molecule has 0 spiro atoms. The summed E-state index contributed by atoms with van der Waals surface area (Å²) in [5, 5.41) is 27.7. The molecule has 176 valence electrons. The Kier molecular flexibility index (Phi) is 5.92. The van der Waals surface area contributed by atoms with Gasteiger partial charge < -0.3 is 14.9 Å². The van der Waals surface area contributed by atoms with E-state index in [2.05, 4.69) is 20.2 Å². The van der Waals surface area contributed by atoms with Crippen molar-refractivity contribution in [1.82, 2.24) is 29.1 Å². The number of imidazole rings is 1. The fourth-order valence-corrected chi connectivity index (χ4v) is 3.10. The number of aromatic hydroxyl groups is 1. The number of azo groups is 1. The number of aliphatic hydroxyl groups excluding tert-OH is 1. The van der Waals surface area contributed by atoms with Crippen LogP contribution >= 0.6 is 0 Å². The van der Waals surface area contributed by atoms with E-state index in [4.69, 9.17) is 4.74 Å². The van der Waals surface area contributed by atoms with Crippen LogP contribution in [-0.4, -0.2) is 52.0 Å². The van der Waals surface area contributed by atoms with Crippen molar-refractivity contribution in [3.63, 3.8) is 0 Å². The Morgan fingerprint density at radius 2 is 1.79 bits per heavy atom.